The number of halogens is 1. The third-order valence-electron chi connectivity index (χ3n) is 3.52. The topological polar surface area (TPSA) is 98.3 Å². The zero-order valence-corrected chi connectivity index (χ0v) is 22.1. The van der Waals surface area contributed by atoms with E-state index in [1.807, 2.05) is 0 Å². The summed E-state index contributed by atoms with van der Waals surface area (Å²) >= 11 is 0. The Kier molecular flexibility index (Phi) is 22.7. The van der Waals surface area contributed by atoms with E-state index in [1.54, 1.807) is 13.8 Å². The number of hydrogen-bond donors (Lipinski definition) is 2. The van der Waals surface area contributed by atoms with Gasteiger partial charge < -0.3 is 41.9 Å². The summed E-state index contributed by atoms with van der Waals surface area (Å²) in [5.74, 6) is -1.31. The molecular formula is C23H45ClN4O4. The molecular weight excluding hydrogens is 432 g/mol. The fourth-order valence-corrected chi connectivity index (χ4v) is 1.81. The standard InChI is InChI=1S/2C10H20N2O.C3H4O2.ClH/c2*1-9(2)10(13)11-7-6-8-12(3,4)5;1-2-3(4)5;/h2*1,6-8H2,2-5H3;2H,1H2,(H,4,5);1H. The van der Waals surface area contributed by atoms with E-state index in [1.165, 1.54) is 0 Å². The van der Waals surface area contributed by atoms with Crippen molar-refractivity contribution in [2.45, 2.75) is 26.7 Å². The Hall–Kier alpha value is -2.16. The summed E-state index contributed by atoms with van der Waals surface area (Å²) in [4.78, 5) is 31.2. The number of carboxylic acid groups (broad SMARTS) is 1. The predicted molar refractivity (Wildman–Crippen MR) is 126 cm³/mol. The molecule has 0 radical (unpaired) electrons. The SMILES string of the molecule is C=C(C)C(=O)NCCC[N+](C)(C)C.C=C(C)C(=O)NCCC[N+](C)(C)C.C=CC(=O)[O-].[Cl-]. The Morgan fingerprint density at radius 2 is 1.03 bits per heavy atom. The quantitative estimate of drug-likeness (QED) is 0.195. The molecule has 2 amide bonds. The number of hydrogen-bond acceptors (Lipinski definition) is 4. The van der Waals surface area contributed by atoms with Crippen LogP contribution < -0.4 is 28.1 Å². The molecule has 0 rings (SSSR count). The maximum absolute atomic E-state index is 11.1. The first-order valence-corrected chi connectivity index (χ1v) is 10.2. The van der Waals surface area contributed by atoms with Gasteiger partial charge in [0.2, 0.25) is 11.8 Å². The minimum absolute atomic E-state index is 0. The molecule has 0 aromatic carbocycles. The molecule has 0 unspecified atom stereocenters. The Morgan fingerprint density at radius 3 is 1.19 bits per heavy atom. The summed E-state index contributed by atoms with van der Waals surface area (Å²) in [5, 5.41) is 14.8. The van der Waals surface area contributed by atoms with Crippen molar-refractivity contribution in [3.63, 3.8) is 0 Å². The van der Waals surface area contributed by atoms with E-state index >= 15 is 0 Å². The Bertz CT molecular complexity index is 562. The van der Waals surface area contributed by atoms with Crippen molar-refractivity contribution in [1.82, 2.24) is 10.6 Å². The zero-order valence-electron chi connectivity index (χ0n) is 21.3. The van der Waals surface area contributed by atoms with Crippen LogP contribution >= 0.6 is 0 Å². The smallest absolute Gasteiger partial charge is 0.246 e. The van der Waals surface area contributed by atoms with E-state index in [9.17, 15) is 9.59 Å². The second-order valence-electron chi connectivity index (χ2n) is 9.33. The number of carbonyl (C=O) groups is 3. The van der Waals surface area contributed by atoms with E-state index in [0.29, 0.717) is 11.1 Å². The van der Waals surface area contributed by atoms with Gasteiger partial charge in [-0.15, -0.1) is 0 Å². The van der Waals surface area contributed by atoms with Crippen LogP contribution in [-0.2, 0) is 14.4 Å². The van der Waals surface area contributed by atoms with E-state index in [2.05, 4.69) is 72.7 Å². The van der Waals surface area contributed by atoms with Crippen molar-refractivity contribution in [2.75, 3.05) is 68.5 Å². The summed E-state index contributed by atoms with van der Waals surface area (Å²) in [6.45, 7) is 17.1. The monoisotopic (exact) mass is 476 g/mol. The van der Waals surface area contributed by atoms with Crippen LogP contribution in [0.15, 0.2) is 37.0 Å². The van der Waals surface area contributed by atoms with Gasteiger partial charge in [0, 0.05) is 37.1 Å². The average Bonchev–Trinajstić information content (AvgIpc) is 2.61. The van der Waals surface area contributed by atoms with Gasteiger partial charge in [-0.1, -0.05) is 19.7 Å². The predicted octanol–water partition coefficient (Wildman–Crippen LogP) is -2.52. The Morgan fingerprint density at radius 1 is 0.781 bits per heavy atom. The molecule has 0 aromatic rings. The number of nitrogens with zero attached hydrogens (tertiary/aromatic N) is 2. The van der Waals surface area contributed by atoms with Crippen LogP contribution in [0, 0.1) is 0 Å². The molecule has 8 nitrogen and oxygen atoms in total. The number of nitrogens with one attached hydrogen (secondary N) is 2. The molecule has 0 aliphatic heterocycles. The van der Waals surface area contributed by atoms with Crippen LogP contribution in [-0.4, -0.2) is 95.2 Å². The fraction of sp³-hybridized carbons (Fsp3) is 0.609. The molecule has 0 aromatic heterocycles. The van der Waals surface area contributed by atoms with E-state index < -0.39 is 5.97 Å². The molecule has 0 bridgehead atoms. The van der Waals surface area contributed by atoms with Gasteiger partial charge in [-0.2, -0.15) is 0 Å². The molecule has 0 fully saturated rings. The van der Waals surface area contributed by atoms with Gasteiger partial charge in [-0.3, -0.25) is 9.59 Å². The van der Waals surface area contributed by atoms with Crippen LogP contribution in [0.1, 0.15) is 26.7 Å². The largest absolute Gasteiger partial charge is 1.00 e. The summed E-state index contributed by atoms with van der Waals surface area (Å²) in [6, 6.07) is 0. The van der Waals surface area contributed by atoms with E-state index in [4.69, 9.17) is 9.90 Å². The highest BCUT2D eigenvalue weighted by atomic mass is 35.5. The number of rotatable bonds is 11. The van der Waals surface area contributed by atoms with Crippen LogP contribution in [0.4, 0.5) is 0 Å². The molecule has 0 atom stereocenters. The van der Waals surface area contributed by atoms with Crippen molar-refractivity contribution in [1.29, 1.82) is 0 Å². The lowest BCUT2D eigenvalue weighted by Gasteiger charge is -2.23. The van der Waals surface area contributed by atoms with Gasteiger partial charge in [0.15, 0.2) is 0 Å². The van der Waals surface area contributed by atoms with Crippen LogP contribution in [0.3, 0.4) is 0 Å². The molecule has 0 heterocycles. The highest BCUT2D eigenvalue weighted by Crippen LogP contribution is 1.93. The molecule has 0 saturated heterocycles. The van der Waals surface area contributed by atoms with Gasteiger partial charge in [-0.25, -0.2) is 0 Å². The van der Waals surface area contributed by atoms with Gasteiger partial charge in [0.1, 0.15) is 0 Å². The van der Waals surface area contributed by atoms with Crippen molar-refractivity contribution >= 4 is 17.8 Å². The lowest BCUT2D eigenvalue weighted by atomic mass is 10.3. The average molecular weight is 477 g/mol. The Labute approximate surface area is 201 Å². The molecule has 0 saturated carbocycles. The summed E-state index contributed by atoms with van der Waals surface area (Å²) in [6.07, 6.45) is 2.73. The third-order valence-corrected chi connectivity index (χ3v) is 3.52. The second kappa shape index (κ2) is 19.5. The third kappa shape index (κ3) is 35.3. The minimum atomic E-state index is -1.23. The number of quaternary nitrogens is 2. The molecule has 0 aliphatic rings. The normalized spacial score (nSPS) is 10.0. The number of carbonyl (C=O) groups excluding carboxylic acids is 3. The summed E-state index contributed by atoms with van der Waals surface area (Å²) in [7, 11) is 12.8. The highest BCUT2D eigenvalue weighted by Gasteiger charge is 2.07. The molecule has 0 aliphatic carbocycles. The highest BCUT2D eigenvalue weighted by molar-refractivity contribution is 5.92. The lowest BCUT2D eigenvalue weighted by Crippen LogP contribution is -3.00. The number of aliphatic carboxylic acids is 1. The zero-order chi connectivity index (χ0) is 25.3. The maximum atomic E-state index is 11.1. The molecule has 32 heavy (non-hydrogen) atoms. The minimum Gasteiger partial charge on any atom is -1.00 e. The fourth-order valence-electron chi connectivity index (χ4n) is 1.81. The van der Waals surface area contributed by atoms with Crippen LogP contribution in [0.25, 0.3) is 0 Å². The van der Waals surface area contributed by atoms with Crippen molar-refractivity contribution in [3.05, 3.63) is 37.0 Å². The first-order chi connectivity index (χ1) is 13.9. The molecule has 2 N–H and O–H groups in total. The first kappa shape index (κ1) is 37.2. The summed E-state index contributed by atoms with van der Waals surface area (Å²) in [5.41, 5.74) is 1.15. The van der Waals surface area contributed by atoms with Gasteiger partial charge in [0.25, 0.3) is 0 Å². The molecule has 9 heteroatoms. The van der Waals surface area contributed by atoms with Crippen molar-refractivity contribution in [2.24, 2.45) is 0 Å². The second-order valence-corrected chi connectivity index (χ2v) is 9.33. The maximum Gasteiger partial charge on any atom is 0.246 e. The number of carboxylic acids is 1. The van der Waals surface area contributed by atoms with Crippen molar-refractivity contribution < 1.29 is 40.9 Å². The lowest BCUT2D eigenvalue weighted by molar-refractivity contribution is -0.870. The van der Waals surface area contributed by atoms with Crippen molar-refractivity contribution in [3.8, 4) is 0 Å². The van der Waals surface area contributed by atoms with Gasteiger partial charge in [0.05, 0.1) is 61.3 Å². The summed E-state index contributed by atoms with van der Waals surface area (Å²) < 4.78 is 1.87. The first-order valence-electron chi connectivity index (χ1n) is 10.2. The van der Waals surface area contributed by atoms with Gasteiger partial charge in [-0.05, 0) is 19.9 Å². The number of amides is 2. The molecule has 188 valence electrons. The van der Waals surface area contributed by atoms with E-state index in [-0.39, 0.29) is 24.2 Å². The van der Waals surface area contributed by atoms with Gasteiger partial charge >= 0.3 is 0 Å². The van der Waals surface area contributed by atoms with Crippen LogP contribution in [0.2, 0.25) is 0 Å². The Balaban J connectivity index is -0.000000198. The molecule has 0 spiro atoms. The van der Waals surface area contributed by atoms with Crippen LogP contribution in [0.5, 0.6) is 0 Å². The van der Waals surface area contributed by atoms with E-state index in [0.717, 1.165) is 54.1 Å².